The smallest absolute Gasteiger partial charge is 0.138 e. The van der Waals surface area contributed by atoms with Gasteiger partial charge in [0.15, 0.2) is 0 Å². The quantitative estimate of drug-likeness (QED) is 0.915. The van der Waals surface area contributed by atoms with Gasteiger partial charge < -0.3 is 5.11 Å². The van der Waals surface area contributed by atoms with Crippen LogP contribution in [0.15, 0.2) is 24.5 Å². The summed E-state index contributed by atoms with van der Waals surface area (Å²) >= 11 is 5.92. The van der Waals surface area contributed by atoms with Crippen molar-refractivity contribution >= 4 is 11.6 Å². The highest BCUT2D eigenvalue weighted by molar-refractivity contribution is 6.30. The third-order valence-corrected chi connectivity index (χ3v) is 3.33. The van der Waals surface area contributed by atoms with Crippen LogP contribution < -0.4 is 0 Å². The molecular weight excluding hydrogens is 262 g/mol. The Hall–Kier alpha value is -1.39. The topological polar surface area (TPSA) is 50.9 Å². The molecule has 1 N–H and O–H groups in total. The molecule has 0 bridgehead atoms. The minimum Gasteiger partial charge on any atom is -0.388 e. The first-order valence-corrected chi connectivity index (χ1v) is 6.80. The van der Waals surface area contributed by atoms with Gasteiger partial charge in [0.2, 0.25) is 0 Å². The Morgan fingerprint density at radius 3 is 2.89 bits per heavy atom. The van der Waals surface area contributed by atoms with Gasteiger partial charge >= 0.3 is 0 Å². The molecule has 2 aromatic rings. The summed E-state index contributed by atoms with van der Waals surface area (Å²) < 4.78 is 1.84. The number of halogens is 1. The van der Waals surface area contributed by atoms with E-state index < -0.39 is 6.10 Å². The fourth-order valence-electron chi connectivity index (χ4n) is 2.14. The van der Waals surface area contributed by atoms with Gasteiger partial charge in [-0.15, -0.1) is 0 Å². The van der Waals surface area contributed by atoms with Gasteiger partial charge in [-0.2, -0.15) is 5.10 Å². The molecule has 1 atom stereocenters. The summed E-state index contributed by atoms with van der Waals surface area (Å²) in [6.07, 6.45) is 2.40. The Bertz CT molecular complexity index is 553. The van der Waals surface area contributed by atoms with E-state index >= 15 is 0 Å². The van der Waals surface area contributed by atoms with Crippen molar-refractivity contribution < 1.29 is 5.11 Å². The molecule has 4 nitrogen and oxygen atoms in total. The average Bonchev–Trinajstić information content (AvgIpc) is 2.77. The van der Waals surface area contributed by atoms with Gasteiger partial charge in [0, 0.05) is 18.0 Å². The number of benzene rings is 1. The van der Waals surface area contributed by atoms with Crippen molar-refractivity contribution in [2.75, 3.05) is 0 Å². The van der Waals surface area contributed by atoms with Crippen molar-refractivity contribution in [1.29, 1.82) is 0 Å². The molecule has 0 radical (unpaired) electrons. The van der Waals surface area contributed by atoms with Crippen LogP contribution in [0.1, 0.15) is 36.4 Å². The number of hydrogen-bond acceptors (Lipinski definition) is 3. The van der Waals surface area contributed by atoms with E-state index in [1.807, 2.05) is 23.7 Å². The summed E-state index contributed by atoms with van der Waals surface area (Å²) in [4.78, 5) is 4.21. The highest BCUT2D eigenvalue weighted by Gasteiger charge is 2.15. The van der Waals surface area contributed by atoms with Gasteiger partial charge in [-0.1, -0.05) is 24.6 Å². The Labute approximate surface area is 118 Å². The predicted octanol–water partition coefficient (Wildman–Crippen LogP) is 2.93. The van der Waals surface area contributed by atoms with Gasteiger partial charge in [-0.3, -0.25) is 4.68 Å². The fourth-order valence-corrected chi connectivity index (χ4v) is 2.37. The monoisotopic (exact) mass is 279 g/mol. The minimum absolute atomic E-state index is 0.461. The van der Waals surface area contributed by atoms with E-state index in [9.17, 15) is 5.11 Å². The molecule has 102 valence electrons. The second-order valence-corrected chi connectivity index (χ2v) is 5.06. The molecular formula is C14H18ClN3O. The number of rotatable bonds is 5. The maximum atomic E-state index is 10.3. The lowest BCUT2D eigenvalue weighted by Gasteiger charge is -2.14. The summed E-state index contributed by atoms with van der Waals surface area (Å²) in [6, 6.07) is 5.52. The van der Waals surface area contributed by atoms with E-state index in [0.717, 1.165) is 29.9 Å². The molecule has 0 saturated heterocycles. The van der Waals surface area contributed by atoms with Crippen molar-refractivity contribution in [2.45, 2.75) is 39.3 Å². The number of aliphatic hydroxyl groups is 1. The van der Waals surface area contributed by atoms with Crippen LogP contribution in [0.2, 0.25) is 5.02 Å². The van der Waals surface area contributed by atoms with E-state index in [1.54, 1.807) is 6.07 Å². The normalized spacial score (nSPS) is 12.6. The molecule has 0 spiro atoms. The van der Waals surface area contributed by atoms with Crippen molar-refractivity contribution in [3.63, 3.8) is 0 Å². The lowest BCUT2D eigenvalue weighted by Crippen LogP contribution is -2.11. The van der Waals surface area contributed by atoms with Gasteiger partial charge in [0.05, 0.1) is 6.10 Å². The van der Waals surface area contributed by atoms with E-state index in [1.165, 1.54) is 6.33 Å². The van der Waals surface area contributed by atoms with Crippen LogP contribution in [0.3, 0.4) is 0 Å². The average molecular weight is 280 g/mol. The molecule has 1 aromatic heterocycles. The molecule has 0 saturated carbocycles. The third-order valence-electron chi connectivity index (χ3n) is 3.10. The maximum absolute atomic E-state index is 10.3. The third kappa shape index (κ3) is 3.33. The van der Waals surface area contributed by atoms with Crippen LogP contribution in [0.25, 0.3) is 0 Å². The van der Waals surface area contributed by atoms with Crippen LogP contribution in [0.5, 0.6) is 0 Å². The molecule has 0 aliphatic carbocycles. The lowest BCUT2D eigenvalue weighted by molar-refractivity contribution is 0.173. The lowest BCUT2D eigenvalue weighted by atomic mass is 10.0. The summed E-state index contributed by atoms with van der Waals surface area (Å²) in [5.74, 6) is 0.809. The van der Waals surface area contributed by atoms with Crippen LogP contribution in [0, 0.1) is 6.92 Å². The van der Waals surface area contributed by atoms with Crippen molar-refractivity contribution in [2.24, 2.45) is 0 Å². The maximum Gasteiger partial charge on any atom is 0.138 e. The van der Waals surface area contributed by atoms with Crippen molar-refractivity contribution in [3.8, 4) is 0 Å². The first kappa shape index (κ1) is 14.0. The molecule has 0 fully saturated rings. The number of aliphatic hydroxyl groups excluding tert-OH is 1. The number of hydrogen-bond donors (Lipinski definition) is 1. The summed E-state index contributed by atoms with van der Waals surface area (Å²) in [6.45, 7) is 4.86. The number of aromatic nitrogens is 3. The summed E-state index contributed by atoms with van der Waals surface area (Å²) in [5.41, 5.74) is 1.87. The van der Waals surface area contributed by atoms with Gasteiger partial charge in [0.1, 0.15) is 12.2 Å². The zero-order valence-corrected chi connectivity index (χ0v) is 11.9. The molecule has 0 amide bonds. The van der Waals surface area contributed by atoms with E-state index in [2.05, 4.69) is 17.0 Å². The second-order valence-electron chi connectivity index (χ2n) is 4.62. The first-order valence-electron chi connectivity index (χ1n) is 6.42. The zero-order valence-electron chi connectivity index (χ0n) is 11.2. The zero-order chi connectivity index (χ0) is 13.8. The fraction of sp³-hybridized carbons (Fsp3) is 0.429. The van der Waals surface area contributed by atoms with E-state index in [4.69, 9.17) is 11.6 Å². The van der Waals surface area contributed by atoms with Gasteiger partial charge in [0.25, 0.3) is 0 Å². The molecule has 5 heteroatoms. The van der Waals surface area contributed by atoms with Crippen molar-refractivity contribution in [1.82, 2.24) is 14.8 Å². The summed E-state index contributed by atoms with van der Waals surface area (Å²) in [5, 5.41) is 15.2. The van der Waals surface area contributed by atoms with E-state index in [0.29, 0.717) is 11.4 Å². The molecule has 19 heavy (non-hydrogen) atoms. The molecule has 0 aliphatic rings. The number of nitrogens with zero attached hydrogens (tertiary/aromatic N) is 3. The van der Waals surface area contributed by atoms with Gasteiger partial charge in [-0.25, -0.2) is 4.98 Å². The first-order chi connectivity index (χ1) is 9.11. The second kappa shape index (κ2) is 6.17. The van der Waals surface area contributed by atoms with Gasteiger partial charge in [-0.05, 0) is 36.6 Å². The van der Waals surface area contributed by atoms with Crippen LogP contribution in [-0.4, -0.2) is 19.9 Å². The number of aryl methyl sites for hydroxylation is 2. The standard InChI is InChI=1S/C14H18ClN3O/c1-3-6-18-14(16-9-17-18)8-13(19)12-5-4-11(15)7-10(12)2/h4-5,7,9,13,19H,3,6,8H2,1-2H3. The largest absolute Gasteiger partial charge is 0.388 e. The Morgan fingerprint density at radius 1 is 1.42 bits per heavy atom. The van der Waals surface area contributed by atoms with Crippen LogP contribution in [-0.2, 0) is 13.0 Å². The molecule has 1 aromatic carbocycles. The Kier molecular flexibility index (Phi) is 4.56. The summed E-state index contributed by atoms with van der Waals surface area (Å²) in [7, 11) is 0. The molecule has 1 heterocycles. The SMILES string of the molecule is CCCn1ncnc1CC(O)c1ccc(Cl)cc1C. The Morgan fingerprint density at radius 2 is 2.21 bits per heavy atom. The van der Waals surface area contributed by atoms with Crippen LogP contribution >= 0.6 is 11.6 Å². The highest BCUT2D eigenvalue weighted by Crippen LogP contribution is 2.23. The molecule has 0 aliphatic heterocycles. The molecule has 1 unspecified atom stereocenters. The van der Waals surface area contributed by atoms with E-state index in [-0.39, 0.29) is 0 Å². The minimum atomic E-state index is -0.586. The van der Waals surface area contributed by atoms with Crippen LogP contribution in [0.4, 0.5) is 0 Å². The highest BCUT2D eigenvalue weighted by atomic mass is 35.5. The Balaban J connectivity index is 2.16. The predicted molar refractivity (Wildman–Crippen MR) is 75.2 cm³/mol. The van der Waals surface area contributed by atoms with Crippen molar-refractivity contribution in [3.05, 3.63) is 46.5 Å². The molecule has 2 rings (SSSR count).